The van der Waals surface area contributed by atoms with Crippen molar-refractivity contribution in [1.82, 2.24) is 9.78 Å². The third-order valence-corrected chi connectivity index (χ3v) is 3.72. The van der Waals surface area contributed by atoms with E-state index < -0.39 is 0 Å². The average molecular weight is 305 g/mol. The Morgan fingerprint density at radius 1 is 1.04 bits per heavy atom. The summed E-state index contributed by atoms with van der Waals surface area (Å²) >= 11 is 0. The van der Waals surface area contributed by atoms with Crippen LogP contribution in [0.5, 0.6) is 0 Å². The molecule has 0 spiro atoms. The van der Waals surface area contributed by atoms with Crippen LogP contribution in [0.1, 0.15) is 18.1 Å². The van der Waals surface area contributed by atoms with E-state index in [-0.39, 0.29) is 5.91 Å². The lowest BCUT2D eigenvalue weighted by Crippen LogP contribution is -2.14. The van der Waals surface area contributed by atoms with Gasteiger partial charge in [0.05, 0.1) is 12.1 Å². The molecule has 1 aromatic heterocycles. The van der Waals surface area contributed by atoms with Gasteiger partial charge in [-0.25, -0.2) is 4.68 Å². The molecule has 0 aliphatic rings. The predicted octanol–water partition coefficient (Wildman–Crippen LogP) is 3.62. The van der Waals surface area contributed by atoms with Gasteiger partial charge in [0.2, 0.25) is 5.91 Å². The number of nitrogens with zero attached hydrogens (tertiary/aromatic N) is 2. The molecule has 0 radical (unpaired) electrons. The van der Waals surface area contributed by atoms with Gasteiger partial charge in [0, 0.05) is 18.1 Å². The molecule has 23 heavy (non-hydrogen) atoms. The molecule has 3 aromatic rings. The molecule has 0 atom stereocenters. The van der Waals surface area contributed by atoms with Crippen LogP contribution in [0.3, 0.4) is 0 Å². The molecular formula is C19H19N3O. The third kappa shape index (κ3) is 3.86. The van der Waals surface area contributed by atoms with Gasteiger partial charge in [-0.15, -0.1) is 0 Å². The molecule has 0 saturated heterocycles. The zero-order valence-electron chi connectivity index (χ0n) is 13.1. The largest absolute Gasteiger partial charge is 0.326 e. The molecule has 116 valence electrons. The molecule has 0 aliphatic heterocycles. The van der Waals surface area contributed by atoms with Crippen LogP contribution in [0, 0.1) is 0 Å². The highest BCUT2D eigenvalue weighted by Gasteiger charge is 2.05. The number of aryl methyl sites for hydroxylation is 1. The molecule has 0 aliphatic carbocycles. The van der Waals surface area contributed by atoms with Crippen molar-refractivity contribution >= 4 is 11.6 Å². The fourth-order valence-electron chi connectivity index (χ4n) is 2.40. The van der Waals surface area contributed by atoms with Crippen molar-refractivity contribution in [2.75, 3.05) is 5.32 Å². The number of rotatable bonds is 5. The number of hydrogen-bond acceptors (Lipinski definition) is 2. The van der Waals surface area contributed by atoms with Crippen LogP contribution in [-0.4, -0.2) is 15.7 Å². The number of carbonyl (C=O) groups excluding carboxylic acids is 1. The zero-order chi connectivity index (χ0) is 16.1. The summed E-state index contributed by atoms with van der Waals surface area (Å²) in [5.41, 5.74) is 4.05. The Morgan fingerprint density at radius 3 is 2.35 bits per heavy atom. The lowest BCUT2D eigenvalue weighted by molar-refractivity contribution is -0.115. The van der Waals surface area contributed by atoms with Crippen molar-refractivity contribution in [3.63, 3.8) is 0 Å². The van der Waals surface area contributed by atoms with Crippen molar-refractivity contribution in [1.29, 1.82) is 0 Å². The first-order chi connectivity index (χ1) is 11.2. The van der Waals surface area contributed by atoms with Gasteiger partial charge in [-0.2, -0.15) is 5.10 Å². The van der Waals surface area contributed by atoms with E-state index in [1.165, 1.54) is 5.56 Å². The molecule has 0 bridgehead atoms. The molecule has 0 unspecified atom stereocenters. The molecule has 1 N–H and O–H groups in total. The summed E-state index contributed by atoms with van der Waals surface area (Å²) in [7, 11) is 0. The molecule has 4 heteroatoms. The highest BCUT2D eigenvalue weighted by Crippen LogP contribution is 2.12. The molecule has 1 heterocycles. The van der Waals surface area contributed by atoms with Crippen molar-refractivity contribution < 1.29 is 4.79 Å². The van der Waals surface area contributed by atoms with Crippen molar-refractivity contribution in [2.45, 2.75) is 19.8 Å². The van der Waals surface area contributed by atoms with Crippen LogP contribution in [0.15, 0.2) is 67.0 Å². The van der Waals surface area contributed by atoms with Gasteiger partial charge in [-0.05, 0) is 47.9 Å². The quantitative estimate of drug-likeness (QED) is 0.782. The van der Waals surface area contributed by atoms with Gasteiger partial charge in [-0.3, -0.25) is 4.79 Å². The Kier molecular flexibility index (Phi) is 4.52. The molecular weight excluding hydrogens is 286 g/mol. The van der Waals surface area contributed by atoms with Crippen LogP contribution in [0.2, 0.25) is 0 Å². The summed E-state index contributed by atoms with van der Waals surface area (Å²) in [5, 5.41) is 7.11. The van der Waals surface area contributed by atoms with Gasteiger partial charge in [-0.1, -0.05) is 31.2 Å². The maximum atomic E-state index is 12.1. The summed E-state index contributed by atoms with van der Waals surface area (Å²) in [5.74, 6) is -0.0129. The predicted molar refractivity (Wildman–Crippen MR) is 91.7 cm³/mol. The van der Waals surface area contributed by atoms with E-state index in [1.807, 2.05) is 60.8 Å². The van der Waals surface area contributed by atoms with Gasteiger partial charge < -0.3 is 5.32 Å². The molecule has 4 nitrogen and oxygen atoms in total. The number of amides is 1. The Hall–Kier alpha value is -2.88. The van der Waals surface area contributed by atoms with Gasteiger partial charge in [0.1, 0.15) is 0 Å². The van der Waals surface area contributed by atoms with E-state index in [0.717, 1.165) is 23.4 Å². The lowest BCUT2D eigenvalue weighted by atomic mass is 10.1. The summed E-state index contributed by atoms with van der Waals surface area (Å²) in [6, 6.07) is 17.7. The third-order valence-electron chi connectivity index (χ3n) is 3.72. The standard InChI is InChI=1S/C19H19N3O/c1-2-15-4-8-17(9-5-15)21-19(23)14-16-6-10-18(11-7-16)22-13-3-12-20-22/h3-13H,2,14H2,1H3,(H,21,23). The van der Waals surface area contributed by atoms with Crippen LogP contribution in [-0.2, 0) is 17.6 Å². The first kappa shape index (κ1) is 15.0. The van der Waals surface area contributed by atoms with E-state index in [2.05, 4.69) is 17.3 Å². The maximum absolute atomic E-state index is 12.1. The molecule has 1 amide bonds. The highest BCUT2D eigenvalue weighted by molar-refractivity contribution is 5.92. The second-order valence-electron chi connectivity index (χ2n) is 5.39. The van der Waals surface area contributed by atoms with Crippen LogP contribution in [0.4, 0.5) is 5.69 Å². The molecule has 2 aromatic carbocycles. The van der Waals surface area contributed by atoms with E-state index in [1.54, 1.807) is 10.9 Å². The monoisotopic (exact) mass is 305 g/mol. The number of aromatic nitrogens is 2. The smallest absolute Gasteiger partial charge is 0.228 e. The normalized spacial score (nSPS) is 10.5. The summed E-state index contributed by atoms with van der Waals surface area (Å²) in [4.78, 5) is 12.1. The first-order valence-electron chi connectivity index (χ1n) is 7.72. The Morgan fingerprint density at radius 2 is 1.74 bits per heavy atom. The number of anilines is 1. The van der Waals surface area contributed by atoms with Crippen molar-refractivity contribution in [3.8, 4) is 5.69 Å². The maximum Gasteiger partial charge on any atom is 0.228 e. The Balaban J connectivity index is 1.61. The Labute approximate surface area is 135 Å². The minimum atomic E-state index is -0.0129. The minimum absolute atomic E-state index is 0.0129. The topological polar surface area (TPSA) is 46.9 Å². The highest BCUT2D eigenvalue weighted by atomic mass is 16.1. The van der Waals surface area contributed by atoms with Crippen LogP contribution in [0.25, 0.3) is 5.69 Å². The zero-order valence-corrected chi connectivity index (χ0v) is 13.1. The molecule has 0 saturated carbocycles. The summed E-state index contributed by atoms with van der Waals surface area (Å²) < 4.78 is 1.79. The number of carbonyl (C=O) groups is 1. The van der Waals surface area contributed by atoms with E-state index in [9.17, 15) is 4.79 Å². The fraction of sp³-hybridized carbons (Fsp3) is 0.158. The SMILES string of the molecule is CCc1ccc(NC(=O)Cc2ccc(-n3cccn3)cc2)cc1. The summed E-state index contributed by atoms with van der Waals surface area (Å²) in [6.07, 6.45) is 4.98. The van der Waals surface area contributed by atoms with E-state index in [0.29, 0.717) is 6.42 Å². The number of nitrogens with one attached hydrogen (secondary N) is 1. The van der Waals surface area contributed by atoms with E-state index >= 15 is 0 Å². The fourth-order valence-corrected chi connectivity index (χ4v) is 2.40. The minimum Gasteiger partial charge on any atom is -0.326 e. The second-order valence-corrected chi connectivity index (χ2v) is 5.39. The first-order valence-corrected chi connectivity index (χ1v) is 7.72. The number of hydrogen-bond donors (Lipinski definition) is 1. The van der Waals surface area contributed by atoms with Crippen molar-refractivity contribution in [2.24, 2.45) is 0 Å². The van der Waals surface area contributed by atoms with Crippen LogP contribution < -0.4 is 5.32 Å². The van der Waals surface area contributed by atoms with Crippen molar-refractivity contribution in [3.05, 3.63) is 78.1 Å². The van der Waals surface area contributed by atoms with Gasteiger partial charge in [0.25, 0.3) is 0 Å². The van der Waals surface area contributed by atoms with E-state index in [4.69, 9.17) is 0 Å². The summed E-state index contributed by atoms with van der Waals surface area (Å²) in [6.45, 7) is 2.11. The molecule has 3 rings (SSSR count). The van der Waals surface area contributed by atoms with Gasteiger partial charge in [0.15, 0.2) is 0 Å². The lowest BCUT2D eigenvalue weighted by Gasteiger charge is -2.07. The molecule has 0 fully saturated rings. The Bertz CT molecular complexity index is 759. The number of benzene rings is 2. The van der Waals surface area contributed by atoms with Crippen LogP contribution >= 0.6 is 0 Å². The average Bonchev–Trinajstić information content (AvgIpc) is 3.11. The van der Waals surface area contributed by atoms with Gasteiger partial charge >= 0.3 is 0 Å². The second kappa shape index (κ2) is 6.92.